The van der Waals surface area contributed by atoms with Gasteiger partial charge in [-0.25, -0.2) is 9.97 Å². The van der Waals surface area contributed by atoms with E-state index in [1.807, 2.05) is 24.3 Å². The topological polar surface area (TPSA) is 46.5 Å². The number of H-pyrrole nitrogens is 1. The van der Waals surface area contributed by atoms with Crippen LogP contribution in [0.3, 0.4) is 0 Å². The monoisotopic (exact) mass is 378 g/mol. The number of hydrogen-bond acceptors (Lipinski definition) is 2. The molecule has 138 valence electrons. The van der Waals surface area contributed by atoms with Crippen molar-refractivity contribution in [3.05, 3.63) is 70.6 Å². The molecule has 0 atom stereocenters. The third-order valence-corrected chi connectivity index (χ3v) is 5.06. The van der Waals surface area contributed by atoms with E-state index in [4.69, 9.17) is 16.6 Å². The van der Waals surface area contributed by atoms with Crippen LogP contribution in [0.5, 0.6) is 0 Å². The van der Waals surface area contributed by atoms with E-state index in [2.05, 4.69) is 52.6 Å². The maximum Gasteiger partial charge on any atom is 0.158 e. The van der Waals surface area contributed by atoms with Crippen molar-refractivity contribution in [2.45, 2.75) is 39.7 Å². The van der Waals surface area contributed by atoms with E-state index in [1.165, 1.54) is 11.1 Å². The predicted octanol–water partition coefficient (Wildman–Crippen LogP) is 5.78. The highest BCUT2D eigenvalue weighted by atomic mass is 35.5. The van der Waals surface area contributed by atoms with Gasteiger partial charge in [-0.05, 0) is 31.0 Å². The minimum atomic E-state index is 0.507. The number of aromatic amines is 1. The number of nitrogens with zero attached hydrogens (tertiary/aromatic N) is 3. The van der Waals surface area contributed by atoms with E-state index in [1.54, 1.807) is 0 Å². The van der Waals surface area contributed by atoms with Crippen LogP contribution in [0.4, 0.5) is 0 Å². The summed E-state index contributed by atoms with van der Waals surface area (Å²) >= 11 is 6.60. The third-order valence-electron chi connectivity index (χ3n) is 4.79. The highest BCUT2D eigenvalue weighted by Gasteiger charge is 2.20. The first-order chi connectivity index (χ1) is 13.2. The Bertz CT molecular complexity index is 1040. The van der Waals surface area contributed by atoms with Gasteiger partial charge < -0.3 is 9.55 Å². The van der Waals surface area contributed by atoms with Crippen LogP contribution in [-0.4, -0.2) is 19.5 Å². The fraction of sp³-hybridized carbons (Fsp3) is 0.273. The van der Waals surface area contributed by atoms with Crippen LogP contribution in [-0.2, 0) is 13.0 Å². The number of unbranched alkanes of at least 4 members (excludes halogenated alkanes) is 1. The normalized spacial score (nSPS) is 11.4. The summed E-state index contributed by atoms with van der Waals surface area (Å²) < 4.78 is 2.21. The predicted molar refractivity (Wildman–Crippen MR) is 111 cm³/mol. The number of nitrogens with one attached hydrogen (secondary N) is 1. The van der Waals surface area contributed by atoms with Crippen molar-refractivity contribution >= 4 is 22.6 Å². The molecule has 2 heterocycles. The van der Waals surface area contributed by atoms with Crippen molar-refractivity contribution in [1.82, 2.24) is 19.5 Å². The number of aromatic nitrogens is 4. The second-order valence-electron chi connectivity index (χ2n) is 6.95. The van der Waals surface area contributed by atoms with Gasteiger partial charge in [0.1, 0.15) is 11.5 Å². The summed E-state index contributed by atoms with van der Waals surface area (Å²) in [5.74, 6) is 1.78. The largest absolute Gasteiger partial charge is 0.337 e. The highest BCUT2D eigenvalue weighted by molar-refractivity contribution is 6.31. The van der Waals surface area contributed by atoms with Crippen molar-refractivity contribution in [2.75, 3.05) is 0 Å². The molecule has 0 aliphatic carbocycles. The van der Waals surface area contributed by atoms with Gasteiger partial charge in [-0.15, -0.1) is 0 Å². The van der Waals surface area contributed by atoms with Crippen molar-refractivity contribution in [1.29, 1.82) is 0 Å². The van der Waals surface area contributed by atoms with E-state index >= 15 is 0 Å². The van der Waals surface area contributed by atoms with Crippen molar-refractivity contribution < 1.29 is 0 Å². The number of fused-ring (bicyclic) bond motifs is 1. The highest BCUT2D eigenvalue weighted by Crippen LogP contribution is 2.30. The standard InChI is InChI=1S/C22H23ClN4/c1-3-4-12-19-26-21(23)20(22-24-17-10-5-6-11-18(17)25-22)27(19)14-16-9-7-8-15(2)13-16/h5-11,13H,3-4,12,14H2,1-2H3,(H,24,25). The second-order valence-corrected chi connectivity index (χ2v) is 7.31. The molecule has 2 aromatic carbocycles. The summed E-state index contributed by atoms with van der Waals surface area (Å²) in [6.45, 7) is 5.03. The molecule has 4 rings (SSSR count). The van der Waals surface area contributed by atoms with Crippen molar-refractivity contribution in [3.63, 3.8) is 0 Å². The van der Waals surface area contributed by atoms with Gasteiger partial charge in [-0.3, -0.25) is 0 Å². The SMILES string of the molecule is CCCCc1nc(Cl)c(-c2nc3ccccc3[nH]2)n1Cc1cccc(C)c1. The molecule has 27 heavy (non-hydrogen) atoms. The summed E-state index contributed by atoms with van der Waals surface area (Å²) in [5.41, 5.74) is 5.28. The zero-order valence-corrected chi connectivity index (χ0v) is 16.4. The fourth-order valence-electron chi connectivity index (χ4n) is 3.45. The number of imidazole rings is 2. The molecule has 0 aliphatic rings. The smallest absolute Gasteiger partial charge is 0.158 e. The summed E-state index contributed by atoms with van der Waals surface area (Å²) in [6, 6.07) is 16.6. The van der Waals surface area contributed by atoms with Crippen LogP contribution >= 0.6 is 11.6 Å². The quantitative estimate of drug-likeness (QED) is 0.462. The number of benzene rings is 2. The number of hydrogen-bond donors (Lipinski definition) is 1. The summed E-state index contributed by atoms with van der Waals surface area (Å²) in [4.78, 5) is 12.8. The van der Waals surface area contributed by atoms with Crippen LogP contribution < -0.4 is 0 Å². The minimum Gasteiger partial charge on any atom is -0.337 e. The second kappa shape index (κ2) is 7.57. The lowest BCUT2D eigenvalue weighted by atomic mass is 10.1. The van der Waals surface area contributed by atoms with Crippen molar-refractivity contribution in [3.8, 4) is 11.5 Å². The Balaban J connectivity index is 1.83. The van der Waals surface area contributed by atoms with E-state index in [0.717, 1.165) is 54.2 Å². The molecule has 0 unspecified atom stereocenters. The van der Waals surface area contributed by atoms with Crippen LogP contribution in [0.2, 0.25) is 5.15 Å². The van der Waals surface area contributed by atoms with Crippen molar-refractivity contribution in [2.24, 2.45) is 0 Å². The number of halogens is 1. The lowest BCUT2D eigenvalue weighted by Crippen LogP contribution is -2.08. The zero-order valence-electron chi connectivity index (χ0n) is 15.7. The Morgan fingerprint density at radius 2 is 1.93 bits per heavy atom. The number of rotatable bonds is 6. The molecule has 0 radical (unpaired) electrons. The van der Waals surface area contributed by atoms with E-state index in [9.17, 15) is 0 Å². The van der Waals surface area contributed by atoms with Gasteiger partial charge in [0.2, 0.25) is 0 Å². The minimum absolute atomic E-state index is 0.507. The van der Waals surface area contributed by atoms with Crippen LogP contribution in [0.1, 0.15) is 36.7 Å². The number of para-hydroxylation sites is 2. The summed E-state index contributed by atoms with van der Waals surface area (Å²) in [5, 5.41) is 0.507. The number of aryl methyl sites for hydroxylation is 2. The fourth-order valence-corrected chi connectivity index (χ4v) is 3.74. The molecule has 0 spiro atoms. The Kier molecular flexibility index (Phi) is 4.99. The molecule has 1 N–H and O–H groups in total. The van der Waals surface area contributed by atoms with Crippen LogP contribution in [0.25, 0.3) is 22.6 Å². The zero-order chi connectivity index (χ0) is 18.8. The maximum absolute atomic E-state index is 6.60. The first kappa shape index (κ1) is 17.8. The molecule has 5 heteroatoms. The first-order valence-corrected chi connectivity index (χ1v) is 9.79. The lowest BCUT2D eigenvalue weighted by molar-refractivity contribution is 0.680. The Morgan fingerprint density at radius 3 is 2.70 bits per heavy atom. The van der Waals surface area contributed by atoms with Gasteiger partial charge in [0.15, 0.2) is 11.0 Å². The Hall–Kier alpha value is -2.59. The molecule has 0 amide bonds. The van der Waals surface area contributed by atoms with Gasteiger partial charge in [0.25, 0.3) is 0 Å². The molecule has 0 saturated carbocycles. The maximum atomic E-state index is 6.60. The molecule has 4 aromatic rings. The Morgan fingerprint density at radius 1 is 1.07 bits per heavy atom. The third kappa shape index (κ3) is 3.62. The van der Waals surface area contributed by atoms with Gasteiger partial charge in [0.05, 0.1) is 11.0 Å². The molecule has 0 bridgehead atoms. The Labute approximate surface area is 164 Å². The average Bonchev–Trinajstić information content (AvgIpc) is 3.20. The summed E-state index contributed by atoms with van der Waals surface area (Å²) in [7, 11) is 0. The molecule has 0 saturated heterocycles. The molecular weight excluding hydrogens is 356 g/mol. The van der Waals surface area contributed by atoms with E-state index in [0.29, 0.717) is 5.15 Å². The van der Waals surface area contributed by atoms with Gasteiger partial charge in [-0.1, -0.05) is 66.9 Å². The van der Waals surface area contributed by atoms with E-state index in [-0.39, 0.29) is 0 Å². The molecular formula is C22H23ClN4. The molecule has 4 nitrogen and oxygen atoms in total. The van der Waals surface area contributed by atoms with Gasteiger partial charge in [-0.2, -0.15) is 0 Å². The van der Waals surface area contributed by atoms with E-state index < -0.39 is 0 Å². The molecule has 0 fully saturated rings. The average molecular weight is 379 g/mol. The lowest BCUT2D eigenvalue weighted by Gasteiger charge is -2.12. The van der Waals surface area contributed by atoms with Crippen LogP contribution in [0.15, 0.2) is 48.5 Å². The van der Waals surface area contributed by atoms with Crippen LogP contribution in [0, 0.1) is 6.92 Å². The molecule has 0 aliphatic heterocycles. The van der Waals surface area contributed by atoms with Gasteiger partial charge >= 0.3 is 0 Å². The summed E-state index contributed by atoms with van der Waals surface area (Å²) in [6.07, 6.45) is 3.11. The first-order valence-electron chi connectivity index (χ1n) is 9.41. The van der Waals surface area contributed by atoms with Gasteiger partial charge in [0, 0.05) is 13.0 Å². The molecule has 2 aromatic heterocycles.